The summed E-state index contributed by atoms with van der Waals surface area (Å²) in [5.41, 5.74) is 1.55. The lowest BCUT2D eigenvalue weighted by Gasteiger charge is -2.15. The number of aromatic nitrogens is 1. The summed E-state index contributed by atoms with van der Waals surface area (Å²) in [6, 6.07) is 15.9. The Balaban J connectivity index is 1.79. The van der Waals surface area contributed by atoms with Gasteiger partial charge in [0.05, 0.1) is 18.1 Å². The Hall–Kier alpha value is -3.09. The van der Waals surface area contributed by atoms with Crippen molar-refractivity contribution in [3.63, 3.8) is 0 Å². The maximum atomic E-state index is 12.7. The second-order valence-corrected chi connectivity index (χ2v) is 7.27. The minimum Gasteiger partial charge on any atom is -0.487 e. The number of benzene rings is 2. The fourth-order valence-corrected chi connectivity index (χ4v) is 3.29. The Labute approximate surface area is 190 Å². The van der Waals surface area contributed by atoms with Gasteiger partial charge in [-0.1, -0.05) is 53.5 Å². The van der Waals surface area contributed by atoms with Gasteiger partial charge in [-0.25, -0.2) is 9.78 Å². The van der Waals surface area contributed by atoms with Crippen molar-refractivity contribution in [1.29, 1.82) is 0 Å². The van der Waals surface area contributed by atoms with Gasteiger partial charge in [0.15, 0.2) is 0 Å². The molecule has 0 unspecified atom stereocenters. The van der Waals surface area contributed by atoms with Crippen LogP contribution in [0.5, 0.6) is 5.75 Å². The van der Waals surface area contributed by atoms with E-state index >= 15 is 0 Å². The highest BCUT2D eigenvalue weighted by Gasteiger charge is 2.19. The van der Waals surface area contributed by atoms with Crippen molar-refractivity contribution in [2.45, 2.75) is 20.0 Å². The van der Waals surface area contributed by atoms with Gasteiger partial charge in [-0.3, -0.25) is 4.79 Å². The second kappa shape index (κ2) is 10.8. The van der Waals surface area contributed by atoms with Gasteiger partial charge in [0.1, 0.15) is 23.7 Å². The van der Waals surface area contributed by atoms with Crippen LogP contribution in [0.25, 0.3) is 0 Å². The van der Waals surface area contributed by atoms with Gasteiger partial charge in [0.2, 0.25) is 5.91 Å². The van der Waals surface area contributed by atoms with Crippen LogP contribution in [-0.4, -0.2) is 23.5 Å². The van der Waals surface area contributed by atoms with Crippen LogP contribution in [0.2, 0.25) is 10.0 Å². The summed E-state index contributed by atoms with van der Waals surface area (Å²) in [4.78, 5) is 28.9. The quantitative estimate of drug-likeness (QED) is 0.461. The number of nitrogens with zero attached hydrogens (tertiary/aromatic N) is 1. The molecule has 2 aromatic carbocycles. The fraction of sp³-hybridized carbons (Fsp3) is 0.174. The summed E-state index contributed by atoms with van der Waals surface area (Å²) in [6.07, 6.45) is 1.35. The third kappa shape index (κ3) is 5.96. The van der Waals surface area contributed by atoms with E-state index in [1.807, 2.05) is 30.3 Å². The van der Waals surface area contributed by atoms with Crippen LogP contribution in [0.4, 0.5) is 5.82 Å². The molecule has 160 valence electrons. The standard InChI is InChI=1S/C23H20Cl2N2O4/c1-2-30-23(29)16-9-6-12-26-22(16)27-20(28)13-17-18(24)10-11-19(25)21(17)31-14-15-7-4-3-5-8-15/h3-12H,2,13-14H2,1H3,(H,26,27,28). The summed E-state index contributed by atoms with van der Waals surface area (Å²) in [5, 5.41) is 3.32. The predicted molar refractivity (Wildman–Crippen MR) is 120 cm³/mol. The van der Waals surface area contributed by atoms with Gasteiger partial charge in [-0.2, -0.15) is 0 Å². The van der Waals surface area contributed by atoms with Crippen LogP contribution >= 0.6 is 23.2 Å². The van der Waals surface area contributed by atoms with Gasteiger partial charge in [0, 0.05) is 16.8 Å². The summed E-state index contributed by atoms with van der Waals surface area (Å²) < 4.78 is 10.9. The number of ether oxygens (including phenoxy) is 2. The molecule has 0 saturated carbocycles. The number of halogens is 2. The number of anilines is 1. The van der Waals surface area contributed by atoms with Gasteiger partial charge >= 0.3 is 5.97 Å². The van der Waals surface area contributed by atoms with Crippen LogP contribution in [0.15, 0.2) is 60.8 Å². The zero-order valence-corrected chi connectivity index (χ0v) is 18.2. The van der Waals surface area contributed by atoms with Crippen molar-refractivity contribution in [3.8, 4) is 5.75 Å². The van der Waals surface area contributed by atoms with Crippen LogP contribution in [0.1, 0.15) is 28.4 Å². The molecule has 1 heterocycles. The second-order valence-electron chi connectivity index (χ2n) is 6.46. The Bertz CT molecular complexity index is 1070. The molecule has 0 atom stereocenters. The molecule has 1 N–H and O–H groups in total. The van der Waals surface area contributed by atoms with Crippen molar-refractivity contribution in [2.24, 2.45) is 0 Å². The summed E-state index contributed by atoms with van der Waals surface area (Å²) in [7, 11) is 0. The molecule has 0 spiro atoms. The molecular formula is C23H20Cl2N2O4. The summed E-state index contributed by atoms with van der Waals surface area (Å²) in [5.74, 6) is -0.563. The fourth-order valence-electron chi connectivity index (χ4n) is 2.84. The van der Waals surface area contributed by atoms with Crippen LogP contribution in [0.3, 0.4) is 0 Å². The monoisotopic (exact) mass is 458 g/mol. The summed E-state index contributed by atoms with van der Waals surface area (Å²) >= 11 is 12.7. The smallest absolute Gasteiger partial charge is 0.341 e. The van der Waals surface area contributed by atoms with E-state index in [4.69, 9.17) is 32.7 Å². The molecule has 31 heavy (non-hydrogen) atoms. The molecule has 1 aromatic heterocycles. The first-order valence-corrected chi connectivity index (χ1v) is 10.3. The van der Waals surface area contributed by atoms with Gasteiger partial charge in [0.25, 0.3) is 0 Å². The molecule has 0 bridgehead atoms. The number of nitrogens with one attached hydrogen (secondary N) is 1. The molecule has 0 aliphatic carbocycles. The van der Waals surface area contributed by atoms with Gasteiger partial charge in [-0.15, -0.1) is 0 Å². The van der Waals surface area contributed by atoms with E-state index in [1.165, 1.54) is 12.3 Å². The topological polar surface area (TPSA) is 77.5 Å². The van der Waals surface area contributed by atoms with E-state index in [0.717, 1.165) is 5.56 Å². The average molecular weight is 459 g/mol. The zero-order valence-electron chi connectivity index (χ0n) is 16.7. The zero-order chi connectivity index (χ0) is 22.2. The Morgan fingerprint density at radius 1 is 1.00 bits per heavy atom. The largest absolute Gasteiger partial charge is 0.487 e. The first-order chi connectivity index (χ1) is 15.0. The SMILES string of the molecule is CCOC(=O)c1cccnc1NC(=O)Cc1c(Cl)ccc(Cl)c1OCc1ccccc1. The van der Waals surface area contributed by atoms with E-state index < -0.39 is 11.9 Å². The average Bonchev–Trinajstić information content (AvgIpc) is 2.77. The van der Waals surface area contributed by atoms with E-state index in [-0.39, 0.29) is 31.0 Å². The van der Waals surface area contributed by atoms with Crippen molar-refractivity contribution >= 4 is 40.9 Å². The van der Waals surface area contributed by atoms with Crippen molar-refractivity contribution in [3.05, 3.63) is 87.5 Å². The molecular weight excluding hydrogens is 439 g/mol. The predicted octanol–water partition coefficient (Wildman–Crippen LogP) is 5.33. The lowest BCUT2D eigenvalue weighted by atomic mass is 10.1. The molecule has 0 saturated heterocycles. The molecule has 3 rings (SSSR count). The first kappa shape index (κ1) is 22.6. The lowest BCUT2D eigenvalue weighted by Crippen LogP contribution is -2.19. The van der Waals surface area contributed by atoms with Crippen LogP contribution < -0.4 is 10.1 Å². The maximum Gasteiger partial charge on any atom is 0.341 e. The number of carbonyl (C=O) groups is 2. The Kier molecular flexibility index (Phi) is 7.87. The number of pyridine rings is 1. The highest BCUT2D eigenvalue weighted by Crippen LogP contribution is 2.35. The van der Waals surface area contributed by atoms with E-state index in [0.29, 0.717) is 21.4 Å². The molecule has 6 nitrogen and oxygen atoms in total. The van der Waals surface area contributed by atoms with Crippen molar-refractivity contribution < 1.29 is 19.1 Å². The highest BCUT2D eigenvalue weighted by molar-refractivity contribution is 6.35. The first-order valence-electron chi connectivity index (χ1n) is 9.55. The maximum absolute atomic E-state index is 12.7. The highest BCUT2D eigenvalue weighted by atomic mass is 35.5. The number of hydrogen-bond acceptors (Lipinski definition) is 5. The Morgan fingerprint density at radius 3 is 2.48 bits per heavy atom. The number of esters is 1. The molecule has 1 amide bonds. The van der Waals surface area contributed by atoms with E-state index in [9.17, 15) is 9.59 Å². The minimum atomic E-state index is -0.571. The number of rotatable bonds is 8. The van der Waals surface area contributed by atoms with Crippen LogP contribution in [-0.2, 0) is 22.6 Å². The van der Waals surface area contributed by atoms with Crippen molar-refractivity contribution in [2.75, 3.05) is 11.9 Å². The number of hydrogen-bond donors (Lipinski definition) is 1. The van der Waals surface area contributed by atoms with Gasteiger partial charge in [-0.05, 0) is 36.8 Å². The third-order valence-electron chi connectivity index (χ3n) is 4.28. The third-order valence-corrected chi connectivity index (χ3v) is 4.93. The van der Waals surface area contributed by atoms with E-state index in [1.54, 1.807) is 25.1 Å². The van der Waals surface area contributed by atoms with Gasteiger partial charge < -0.3 is 14.8 Å². The van der Waals surface area contributed by atoms with Crippen molar-refractivity contribution in [1.82, 2.24) is 4.98 Å². The van der Waals surface area contributed by atoms with E-state index in [2.05, 4.69) is 10.3 Å². The number of amides is 1. The molecule has 3 aromatic rings. The molecule has 8 heteroatoms. The number of carbonyl (C=O) groups excluding carboxylic acids is 2. The molecule has 0 aliphatic rings. The lowest BCUT2D eigenvalue weighted by molar-refractivity contribution is -0.115. The molecule has 0 radical (unpaired) electrons. The Morgan fingerprint density at radius 2 is 1.74 bits per heavy atom. The summed E-state index contributed by atoms with van der Waals surface area (Å²) in [6.45, 7) is 2.18. The molecule has 0 fully saturated rings. The molecule has 0 aliphatic heterocycles. The van der Waals surface area contributed by atoms with Crippen LogP contribution in [0, 0.1) is 0 Å². The minimum absolute atomic E-state index is 0.107. The normalized spacial score (nSPS) is 10.4.